The van der Waals surface area contributed by atoms with Crippen molar-refractivity contribution in [2.24, 2.45) is 0 Å². The van der Waals surface area contributed by atoms with E-state index in [4.69, 9.17) is 10.5 Å². The molecule has 120 valence electrons. The van der Waals surface area contributed by atoms with Crippen LogP contribution >= 0.6 is 0 Å². The van der Waals surface area contributed by atoms with E-state index < -0.39 is 24.5 Å². The van der Waals surface area contributed by atoms with Gasteiger partial charge >= 0.3 is 12.0 Å². The number of anilines is 1. The molecule has 0 aliphatic heterocycles. The average Bonchev–Trinajstić information content (AvgIpc) is 2.47. The van der Waals surface area contributed by atoms with Crippen LogP contribution in [0.3, 0.4) is 0 Å². The first-order valence-corrected chi connectivity index (χ1v) is 6.97. The minimum absolute atomic E-state index is 0.0533. The normalized spacial score (nSPS) is 11.4. The van der Waals surface area contributed by atoms with Gasteiger partial charge in [0.25, 0.3) is 5.91 Å². The van der Waals surface area contributed by atoms with Gasteiger partial charge in [-0.15, -0.1) is 0 Å². The number of ether oxygens (including phenoxy) is 1. The first kappa shape index (κ1) is 17.5. The lowest BCUT2D eigenvalue weighted by Gasteiger charge is -2.12. The van der Waals surface area contributed by atoms with Crippen molar-refractivity contribution in [3.63, 3.8) is 0 Å². The van der Waals surface area contributed by atoms with E-state index in [9.17, 15) is 14.4 Å². The highest BCUT2D eigenvalue weighted by Gasteiger charge is 2.15. The average molecular weight is 307 g/mol. The monoisotopic (exact) mass is 307 g/mol. The quantitative estimate of drug-likeness (QED) is 0.562. The number of para-hydroxylation sites is 1. The molecule has 0 bridgehead atoms. The summed E-state index contributed by atoms with van der Waals surface area (Å²) < 4.78 is 4.85. The third kappa shape index (κ3) is 5.08. The number of hydrogen-bond acceptors (Lipinski definition) is 5. The number of nitrogens with two attached hydrogens (primary N) is 1. The van der Waals surface area contributed by atoms with Crippen molar-refractivity contribution < 1.29 is 19.1 Å². The van der Waals surface area contributed by atoms with Crippen molar-refractivity contribution in [2.45, 2.75) is 33.2 Å². The molecule has 1 rings (SSSR count). The predicted molar refractivity (Wildman–Crippen MR) is 82.3 cm³/mol. The Balaban J connectivity index is 2.49. The predicted octanol–water partition coefficient (Wildman–Crippen LogP) is 1.36. The fraction of sp³-hybridized carbons (Fsp3) is 0.400. The maximum atomic E-state index is 11.8. The van der Waals surface area contributed by atoms with Crippen LogP contribution in [0.5, 0.6) is 0 Å². The van der Waals surface area contributed by atoms with Crippen LogP contribution < -0.4 is 16.4 Å². The van der Waals surface area contributed by atoms with E-state index in [1.165, 1.54) is 6.07 Å². The van der Waals surface area contributed by atoms with E-state index >= 15 is 0 Å². The Morgan fingerprint density at radius 3 is 2.64 bits per heavy atom. The van der Waals surface area contributed by atoms with E-state index in [0.29, 0.717) is 5.69 Å². The Morgan fingerprint density at radius 1 is 1.32 bits per heavy atom. The third-order valence-electron chi connectivity index (χ3n) is 3.12. The summed E-state index contributed by atoms with van der Waals surface area (Å²) >= 11 is 0. The van der Waals surface area contributed by atoms with E-state index in [1.807, 2.05) is 13.8 Å². The molecule has 0 radical (unpaired) electrons. The van der Waals surface area contributed by atoms with Crippen LogP contribution in [0.2, 0.25) is 0 Å². The molecule has 0 spiro atoms. The van der Waals surface area contributed by atoms with Crippen molar-refractivity contribution in [1.82, 2.24) is 10.6 Å². The molecule has 7 heteroatoms. The standard InChI is InChI=1S/C15H21N3O4/c1-4-10(3)17-15(21)18-12(19)8-22-14(20)11-7-5-6-9(2)13(11)16/h5-7,10H,4,8,16H2,1-3H3,(H2,17,18,19,21)/t10-/m1/s1. The zero-order chi connectivity index (χ0) is 16.7. The topological polar surface area (TPSA) is 111 Å². The first-order valence-electron chi connectivity index (χ1n) is 6.97. The number of carbonyl (C=O) groups is 3. The number of hydrogen-bond donors (Lipinski definition) is 3. The van der Waals surface area contributed by atoms with Gasteiger partial charge in [-0.1, -0.05) is 19.1 Å². The number of aryl methyl sites for hydroxylation is 1. The van der Waals surface area contributed by atoms with Crippen LogP contribution in [0, 0.1) is 6.92 Å². The summed E-state index contributed by atoms with van der Waals surface area (Å²) in [6, 6.07) is 4.27. The number of benzene rings is 1. The number of nitrogen functional groups attached to an aromatic ring is 1. The minimum Gasteiger partial charge on any atom is -0.452 e. The molecular formula is C15H21N3O4. The molecule has 3 amide bonds. The van der Waals surface area contributed by atoms with E-state index in [2.05, 4.69) is 10.6 Å². The second-order valence-electron chi connectivity index (χ2n) is 4.94. The number of carbonyl (C=O) groups excluding carboxylic acids is 3. The number of imide groups is 1. The molecule has 1 aromatic carbocycles. The van der Waals surface area contributed by atoms with Gasteiger partial charge in [-0.3, -0.25) is 10.1 Å². The lowest BCUT2D eigenvalue weighted by Crippen LogP contribution is -2.44. The van der Waals surface area contributed by atoms with Crippen LogP contribution in [-0.2, 0) is 9.53 Å². The highest BCUT2D eigenvalue weighted by Crippen LogP contribution is 2.17. The summed E-state index contributed by atoms with van der Waals surface area (Å²) in [5.41, 5.74) is 7.02. The zero-order valence-electron chi connectivity index (χ0n) is 12.9. The van der Waals surface area contributed by atoms with E-state index in [-0.39, 0.29) is 11.6 Å². The molecular weight excluding hydrogens is 286 g/mol. The first-order chi connectivity index (χ1) is 10.3. The fourth-order valence-corrected chi connectivity index (χ4v) is 1.59. The van der Waals surface area contributed by atoms with Crippen LogP contribution in [0.4, 0.5) is 10.5 Å². The van der Waals surface area contributed by atoms with Crippen molar-refractivity contribution in [1.29, 1.82) is 0 Å². The molecule has 0 unspecified atom stereocenters. The van der Waals surface area contributed by atoms with Crippen molar-refractivity contribution >= 4 is 23.6 Å². The molecule has 0 aromatic heterocycles. The smallest absolute Gasteiger partial charge is 0.340 e. The summed E-state index contributed by atoms with van der Waals surface area (Å²) in [6.45, 7) is 4.92. The summed E-state index contributed by atoms with van der Waals surface area (Å²) in [7, 11) is 0. The molecule has 0 fully saturated rings. The number of amides is 3. The number of nitrogens with one attached hydrogen (secondary N) is 2. The van der Waals surface area contributed by atoms with E-state index in [0.717, 1.165) is 12.0 Å². The molecule has 0 saturated heterocycles. The van der Waals surface area contributed by atoms with Gasteiger partial charge in [-0.05, 0) is 31.9 Å². The summed E-state index contributed by atoms with van der Waals surface area (Å²) in [5, 5.41) is 4.65. The summed E-state index contributed by atoms with van der Waals surface area (Å²) in [5.74, 6) is -1.42. The van der Waals surface area contributed by atoms with Crippen LogP contribution in [0.1, 0.15) is 36.2 Å². The van der Waals surface area contributed by atoms with Crippen LogP contribution in [0.25, 0.3) is 0 Å². The molecule has 0 heterocycles. The second-order valence-corrected chi connectivity index (χ2v) is 4.94. The lowest BCUT2D eigenvalue weighted by atomic mass is 10.1. The molecule has 1 atom stereocenters. The van der Waals surface area contributed by atoms with Gasteiger partial charge in [-0.25, -0.2) is 9.59 Å². The number of rotatable bonds is 5. The van der Waals surface area contributed by atoms with Crippen molar-refractivity contribution in [2.75, 3.05) is 12.3 Å². The zero-order valence-corrected chi connectivity index (χ0v) is 12.9. The third-order valence-corrected chi connectivity index (χ3v) is 3.12. The Morgan fingerprint density at radius 2 is 2.00 bits per heavy atom. The maximum Gasteiger partial charge on any atom is 0.340 e. The summed E-state index contributed by atoms with van der Waals surface area (Å²) in [4.78, 5) is 34.8. The molecule has 22 heavy (non-hydrogen) atoms. The Bertz CT molecular complexity index is 572. The van der Waals surface area contributed by atoms with Gasteiger partial charge < -0.3 is 15.8 Å². The molecule has 4 N–H and O–H groups in total. The Kier molecular flexibility index (Phi) is 6.37. The fourth-order valence-electron chi connectivity index (χ4n) is 1.59. The highest BCUT2D eigenvalue weighted by atomic mass is 16.5. The summed E-state index contributed by atoms with van der Waals surface area (Å²) in [6.07, 6.45) is 0.739. The largest absolute Gasteiger partial charge is 0.452 e. The van der Waals surface area contributed by atoms with Gasteiger partial charge in [0.15, 0.2) is 6.61 Å². The maximum absolute atomic E-state index is 11.8. The van der Waals surface area contributed by atoms with E-state index in [1.54, 1.807) is 19.1 Å². The molecule has 0 aliphatic carbocycles. The molecule has 0 saturated carbocycles. The Hall–Kier alpha value is -2.57. The van der Waals surface area contributed by atoms with Gasteiger partial charge in [-0.2, -0.15) is 0 Å². The Labute approximate surface area is 129 Å². The molecule has 1 aromatic rings. The van der Waals surface area contributed by atoms with Crippen molar-refractivity contribution in [3.8, 4) is 0 Å². The SMILES string of the molecule is CC[C@@H](C)NC(=O)NC(=O)COC(=O)c1cccc(C)c1N. The molecule has 7 nitrogen and oxygen atoms in total. The van der Waals surface area contributed by atoms with Crippen LogP contribution in [0.15, 0.2) is 18.2 Å². The van der Waals surface area contributed by atoms with Crippen LogP contribution in [-0.4, -0.2) is 30.6 Å². The number of urea groups is 1. The highest BCUT2D eigenvalue weighted by molar-refractivity contribution is 5.99. The van der Waals surface area contributed by atoms with Gasteiger partial charge in [0.1, 0.15) is 0 Å². The van der Waals surface area contributed by atoms with Crippen molar-refractivity contribution in [3.05, 3.63) is 29.3 Å². The van der Waals surface area contributed by atoms with Gasteiger partial charge in [0, 0.05) is 11.7 Å². The minimum atomic E-state index is -0.710. The molecule has 0 aliphatic rings. The second kappa shape index (κ2) is 8.02. The van der Waals surface area contributed by atoms with Gasteiger partial charge in [0.05, 0.1) is 5.56 Å². The number of esters is 1. The lowest BCUT2D eigenvalue weighted by molar-refractivity contribution is -0.123. The van der Waals surface area contributed by atoms with Gasteiger partial charge in [0.2, 0.25) is 0 Å².